The molecule has 2 aliphatic rings. The minimum Gasteiger partial charge on any atom is -0.352 e. The quantitative estimate of drug-likeness (QED) is 0.793. The summed E-state index contributed by atoms with van der Waals surface area (Å²) in [6.07, 6.45) is 5.13. The van der Waals surface area contributed by atoms with Crippen LogP contribution in [0.25, 0.3) is 0 Å². The van der Waals surface area contributed by atoms with Crippen LogP contribution >= 0.6 is 12.4 Å². The van der Waals surface area contributed by atoms with E-state index >= 15 is 0 Å². The Morgan fingerprint density at radius 1 is 1.25 bits per heavy atom. The molecular weight excluding hydrogens is 300 g/mol. The standard InChI is InChI=1S/C13H24N2O3S.ClH/c1-13(14)7-3-2-6-11(13)12(16)15-10-5-4-8-19(17,18)9-10;/h10-11H,2-9,14H2,1H3,(H,15,16);1H. The second-order valence-electron chi connectivity index (χ2n) is 6.27. The van der Waals surface area contributed by atoms with E-state index in [0.29, 0.717) is 6.42 Å². The Hall–Kier alpha value is -0.330. The molecular formula is C13H25ClN2O3S. The highest BCUT2D eigenvalue weighted by Crippen LogP contribution is 2.31. The Kier molecular flexibility index (Phi) is 5.87. The molecule has 20 heavy (non-hydrogen) atoms. The van der Waals surface area contributed by atoms with Gasteiger partial charge in [0.2, 0.25) is 5.91 Å². The van der Waals surface area contributed by atoms with Crippen molar-refractivity contribution in [1.82, 2.24) is 5.32 Å². The third kappa shape index (κ3) is 4.33. The fraction of sp³-hybridized carbons (Fsp3) is 0.923. The fourth-order valence-electron chi connectivity index (χ4n) is 3.23. The molecule has 3 unspecified atom stereocenters. The summed E-state index contributed by atoms with van der Waals surface area (Å²) in [5, 5.41) is 2.90. The highest BCUT2D eigenvalue weighted by Gasteiger charge is 2.39. The zero-order valence-corrected chi connectivity index (χ0v) is 13.6. The van der Waals surface area contributed by atoms with E-state index in [-0.39, 0.29) is 41.8 Å². The number of hydrogen-bond acceptors (Lipinski definition) is 4. The van der Waals surface area contributed by atoms with E-state index in [9.17, 15) is 13.2 Å². The van der Waals surface area contributed by atoms with Gasteiger partial charge in [-0.05, 0) is 32.6 Å². The summed E-state index contributed by atoms with van der Waals surface area (Å²) >= 11 is 0. The van der Waals surface area contributed by atoms with E-state index in [0.717, 1.165) is 32.1 Å². The number of sulfone groups is 1. The third-order valence-electron chi connectivity index (χ3n) is 4.38. The van der Waals surface area contributed by atoms with Crippen LogP contribution in [0, 0.1) is 5.92 Å². The zero-order valence-electron chi connectivity index (χ0n) is 11.9. The molecule has 1 aliphatic carbocycles. The molecule has 1 saturated heterocycles. The molecule has 118 valence electrons. The third-order valence-corrected chi connectivity index (χ3v) is 6.20. The summed E-state index contributed by atoms with van der Waals surface area (Å²) in [5.41, 5.74) is 5.74. The lowest BCUT2D eigenvalue weighted by Crippen LogP contribution is -2.55. The van der Waals surface area contributed by atoms with Crippen LogP contribution in [0.2, 0.25) is 0 Å². The summed E-state index contributed by atoms with van der Waals surface area (Å²) in [6, 6.07) is -0.232. The number of carbonyl (C=O) groups excluding carboxylic acids is 1. The van der Waals surface area contributed by atoms with Crippen molar-refractivity contribution in [3.05, 3.63) is 0 Å². The molecule has 0 spiro atoms. The van der Waals surface area contributed by atoms with E-state index in [2.05, 4.69) is 5.32 Å². The molecule has 1 heterocycles. The van der Waals surface area contributed by atoms with Crippen molar-refractivity contribution in [1.29, 1.82) is 0 Å². The van der Waals surface area contributed by atoms with Crippen LogP contribution in [0.3, 0.4) is 0 Å². The van der Waals surface area contributed by atoms with Gasteiger partial charge in [0.15, 0.2) is 9.84 Å². The molecule has 0 aromatic rings. The van der Waals surface area contributed by atoms with Gasteiger partial charge < -0.3 is 11.1 Å². The topological polar surface area (TPSA) is 89.3 Å². The van der Waals surface area contributed by atoms with E-state index in [1.807, 2.05) is 6.92 Å². The molecule has 1 amide bonds. The van der Waals surface area contributed by atoms with E-state index < -0.39 is 15.4 Å². The second kappa shape index (κ2) is 6.62. The molecule has 5 nitrogen and oxygen atoms in total. The van der Waals surface area contributed by atoms with Gasteiger partial charge in [-0.1, -0.05) is 12.8 Å². The number of halogens is 1. The van der Waals surface area contributed by atoms with Crippen LogP contribution in [0.15, 0.2) is 0 Å². The van der Waals surface area contributed by atoms with Gasteiger partial charge in [-0.3, -0.25) is 4.79 Å². The number of amides is 1. The average molecular weight is 325 g/mol. The molecule has 0 aromatic heterocycles. The lowest BCUT2D eigenvalue weighted by Gasteiger charge is -2.38. The van der Waals surface area contributed by atoms with Gasteiger partial charge in [0.05, 0.1) is 17.4 Å². The van der Waals surface area contributed by atoms with Gasteiger partial charge in [0.1, 0.15) is 0 Å². The minimum absolute atomic E-state index is 0. The molecule has 2 rings (SSSR count). The summed E-state index contributed by atoms with van der Waals surface area (Å²) in [7, 11) is -2.98. The molecule has 2 fully saturated rings. The number of carbonyl (C=O) groups is 1. The molecule has 0 aromatic carbocycles. The zero-order chi connectivity index (χ0) is 14.1. The van der Waals surface area contributed by atoms with Crippen molar-refractivity contribution >= 4 is 28.2 Å². The molecule has 3 N–H and O–H groups in total. The number of nitrogens with two attached hydrogens (primary N) is 1. The highest BCUT2D eigenvalue weighted by molar-refractivity contribution is 7.91. The van der Waals surface area contributed by atoms with Crippen molar-refractivity contribution in [3.8, 4) is 0 Å². The Labute approximate surface area is 127 Å². The molecule has 1 aliphatic heterocycles. The fourth-order valence-corrected chi connectivity index (χ4v) is 4.86. The first-order valence-corrected chi connectivity index (χ1v) is 8.92. The van der Waals surface area contributed by atoms with Gasteiger partial charge in [0, 0.05) is 11.6 Å². The molecule has 7 heteroatoms. The Morgan fingerprint density at radius 3 is 2.55 bits per heavy atom. The van der Waals surface area contributed by atoms with E-state index in [1.54, 1.807) is 0 Å². The van der Waals surface area contributed by atoms with Crippen molar-refractivity contribution in [2.75, 3.05) is 11.5 Å². The van der Waals surface area contributed by atoms with Crippen LogP contribution in [0.1, 0.15) is 45.4 Å². The Balaban J connectivity index is 0.00000200. The Morgan fingerprint density at radius 2 is 1.95 bits per heavy atom. The monoisotopic (exact) mass is 324 g/mol. The maximum absolute atomic E-state index is 12.3. The molecule has 0 bridgehead atoms. The summed E-state index contributed by atoms with van der Waals surface area (Å²) in [6.45, 7) is 1.92. The van der Waals surface area contributed by atoms with Crippen LogP contribution in [0.4, 0.5) is 0 Å². The van der Waals surface area contributed by atoms with E-state index in [4.69, 9.17) is 5.73 Å². The maximum Gasteiger partial charge on any atom is 0.225 e. The highest BCUT2D eigenvalue weighted by atomic mass is 35.5. The SMILES string of the molecule is CC1(N)CCCCC1C(=O)NC1CCCS(=O)(=O)C1.Cl. The number of rotatable bonds is 2. The lowest BCUT2D eigenvalue weighted by molar-refractivity contribution is -0.128. The van der Waals surface area contributed by atoms with Crippen molar-refractivity contribution in [2.24, 2.45) is 11.7 Å². The predicted octanol–water partition coefficient (Wildman–Crippen LogP) is 1.01. The van der Waals surface area contributed by atoms with E-state index in [1.165, 1.54) is 0 Å². The first-order chi connectivity index (χ1) is 8.80. The molecule has 3 atom stereocenters. The smallest absolute Gasteiger partial charge is 0.225 e. The van der Waals surface area contributed by atoms with Gasteiger partial charge in [-0.15, -0.1) is 12.4 Å². The van der Waals surface area contributed by atoms with Crippen LogP contribution < -0.4 is 11.1 Å². The Bertz CT molecular complexity index is 451. The molecule has 0 radical (unpaired) electrons. The first kappa shape index (κ1) is 17.7. The van der Waals surface area contributed by atoms with Crippen LogP contribution in [-0.2, 0) is 14.6 Å². The normalized spacial score (nSPS) is 36.7. The lowest BCUT2D eigenvalue weighted by atomic mass is 9.74. The van der Waals surface area contributed by atoms with Crippen molar-refractivity contribution < 1.29 is 13.2 Å². The van der Waals surface area contributed by atoms with Crippen LogP contribution in [-0.4, -0.2) is 37.4 Å². The van der Waals surface area contributed by atoms with Crippen molar-refractivity contribution in [3.63, 3.8) is 0 Å². The van der Waals surface area contributed by atoms with Crippen molar-refractivity contribution in [2.45, 2.75) is 57.0 Å². The predicted molar refractivity (Wildman–Crippen MR) is 81.6 cm³/mol. The van der Waals surface area contributed by atoms with Crippen LogP contribution in [0.5, 0.6) is 0 Å². The molecule has 1 saturated carbocycles. The minimum atomic E-state index is -2.98. The number of hydrogen-bond donors (Lipinski definition) is 2. The summed E-state index contributed by atoms with van der Waals surface area (Å²) in [5.74, 6) is 0.0714. The summed E-state index contributed by atoms with van der Waals surface area (Å²) < 4.78 is 23.1. The van der Waals surface area contributed by atoms with Gasteiger partial charge in [-0.25, -0.2) is 8.42 Å². The average Bonchev–Trinajstić information content (AvgIpc) is 2.26. The second-order valence-corrected chi connectivity index (χ2v) is 8.50. The largest absolute Gasteiger partial charge is 0.352 e. The van der Waals surface area contributed by atoms with Gasteiger partial charge >= 0.3 is 0 Å². The maximum atomic E-state index is 12.3. The van der Waals surface area contributed by atoms with Gasteiger partial charge in [0.25, 0.3) is 0 Å². The van der Waals surface area contributed by atoms with Gasteiger partial charge in [-0.2, -0.15) is 0 Å². The summed E-state index contributed by atoms with van der Waals surface area (Å²) in [4.78, 5) is 12.3. The number of nitrogens with one attached hydrogen (secondary N) is 1. The first-order valence-electron chi connectivity index (χ1n) is 7.10.